The molecule has 0 aliphatic rings. The average Bonchev–Trinajstić information content (AvgIpc) is 1.96. The van der Waals surface area contributed by atoms with Crippen molar-refractivity contribution in [1.82, 2.24) is 0 Å². The Hall–Kier alpha value is -0.110. The van der Waals surface area contributed by atoms with Crippen LogP contribution in [0.4, 0.5) is 0 Å². The summed E-state index contributed by atoms with van der Waals surface area (Å²) in [6.07, 6.45) is 0. The first-order valence-electron chi connectivity index (χ1n) is 2.83. The molecule has 0 fully saturated rings. The zero-order valence-electron chi connectivity index (χ0n) is 5.70. The standard InChI is InChI=1S/C6H3Cl3O/c7-3-1-4(8)6(9)5(10)2-3/h1-2,10H/i/hD. The van der Waals surface area contributed by atoms with Crippen molar-refractivity contribution in [1.29, 1.82) is 1.43 Å². The Labute approximate surface area is 74.6 Å². The van der Waals surface area contributed by atoms with Gasteiger partial charge in [-0.3, -0.25) is 0 Å². The van der Waals surface area contributed by atoms with Crippen LogP contribution in [-0.4, -0.2) is 6.54 Å². The monoisotopic (exact) mass is 197 g/mol. The average molecular weight is 198 g/mol. The maximum absolute atomic E-state index is 6.58. The molecule has 0 bridgehead atoms. The summed E-state index contributed by atoms with van der Waals surface area (Å²) < 4.78 is 6.58. The third-order valence-corrected chi connectivity index (χ3v) is 1.96. The van der Waals surface area contributed by atoms with Gasteiger partial charge in [-0.05, 0) is 6.07 Å². The summed E-state index contributed by atoms with van der Waals surface area (Å²) in [6.45, 7) is 0. The van der Waals surface area contributed by atoms with E-state index in [1.165, 1.54) is 12.1 Å². The van der Waals surface area contributed by atoms with E-state index in [4.69, 9.17) is 36.2 Å². The molecule has 1 nitrogen and oxygen atoms in total. The first kappa shape index (κ1) is 6.59. The highest BCUT2D eigenvalue weighted by Gasteiger charge is 2.03. The lowest BCUT2D eigenvalue weighted by Gasteiger charge is -1.98. The maximum atomic E-state index is 6.58. The highest BCUT2D eigenvalue weighted by molar-refractivity contribution is 6.44. The van der Waals surface area contributed by atoms with Gasteiger partial charge in [0.05, 0.1) is 5.02 Å². The summed E-state index contributed by atoms with van der Waals surface area (Å²) in [5.41, 5.74) is 0. The summed E-state index contributed by atoms with van der Waals surface area (Å²) in [5.74, 6) is 0.157. The Morgan fingerprint density at radius 1 is 1.30 bits per heavy atom. The van der Waals surface area contributed by atoms with E-state index < -0.39 is 0 Å². The number of benzene rings is 1. The van der Waals surface area contributed by atoms with Crippen molar-refractivity contribution < 1.29 is 5.11 Å². The Morgan fingerprint density at radius 3 is 2.60 bits per heavy atom. The van der Waals surface area contributed by atoms with Crippen molar-refractivity contribution in [2.24, 2.45) is 0 Å². The third-order valence-electron chi connectivity index (χ3n) is 0.960. The van der Waals surface area contributed by atoms with E-state index in [-0.39, 0.29) is 15.8 Å². The quantitative estimate of drug-likeness (QED) is 0.686. The minimum absolute atomic E-state index is 0.157. The van der Waals surface area contributed by atoms with E-state index in [0.717, 1.165) is 0 Å². The number of hydrogen-bond acceptors (Lipinski definition) is 1. The second-order valence-electron chi connectivity index (χ2n) is 1.70. The Morgan fingerprint density at radius 2 is 2.00 bits per heavy atom. The van der Waals surface area contributed by atoms with E-state index in [1.807, 2.05) is 0 Å². The van der Waals surface area contributed by atoms with Crippen LogP contribution in [0.3, 0.4) is 0 Å². The van der Waals surface area contributed by atoms with Gasteiger partial charge < -0.3 is 5.11 Å². The SMILES string of the molecule is [2H]Oc1cc(Cl)cc(Cl)c1Cl. The van der Waals surface area contributed by atoms with E-state index in [0.29, 0.717) is 5.02 Å². The lowest BCUT2D eigenvalue weighted by atomic mass is 10.3. The van der Waals surface area contributed by atoms with Crippen LogP contribution in [0.15, 0.2) is 12.1 Å². The lowest BCUT2D eigenvalue weighted by Crippen LogP contribution is -1.70. The zero-order valence-corrected chi connectivity index (χ0v) is 6.96. The fourth-order valence-corrected chi connectivity index (χ4v) is 1.12. The van der Waals surface area contributed by atoms with Crippen molar-refractivity contribution in [2.75, 3.05) is 0 Å². The van der Waals surface area contributed by atoms with Crippen molar-refractivity contribution in [3.8, 4) is 5.75 Å². The molecule has 10 heavy (non-hydrogen) atoms. The summed E-state index contributed by atoms with van der Waals surface area (Å²) in [4.78, 5) is 0. The van der Waals surface area contributed by atoms with Crippen LogP contribution in [0, 0.1) is 0 Å². The summed E-state index contributed by atoms with van der Waals surface area (Å²) in [7, 11) is 0. The summed E-state index contributed by atoms with van der Waals surface area (Å²) in [6, 6.07) is 2.90. The van der Waals surface area contributed by atoms with Crippen LogP contribution >= 0.6 is 34.8 Å². The van der Waals surface area contributed by atoms with Crippen molar-refractivity contribution >= 4 is 34.8 Å². The molecule has 0 unspecified atom stereocenters. The molecule has 0 aliphatic heterocycles. The van der Waals surface area contributed by atoms with Gasteiger partial charge in [0.2, 0.25) is 0 Å². The largest absolute Gasteiger partial charge is 0.506 e. The van der Waals surface area contributed by atoms with Crippen LogP contribution in [0.2, 0.25) is 15.1 Å². The van der Waals surface area contributed by atoms with Crippen LogP contribution in [-0.2, 0) is 0 Å². The fourth-order valence-electron chi connectivity index (χ4n) is 0.532. The first-order chi connectivity index (χ1) is 5.15. The van der Waals surface area contributed by atoms with Gasteiger partial charge in [-0.1, -0.05) is 34.8 Å². The minimum atomic E-state index is 0.157. The van der Waals surface area contributed by atoms with E-state index in [1.54, 1.807) is 0 Å². The molecule has 0 heterocycles. The molecule has 0 radical (unpaired) electrons. The number of halogens is 3. The Balaban J connectivity index is 3.24. The van der Waals surface area contributed by atoms with Crippen LogP contribution in [0.1, 0.15) is 0 Å². The number of phenols is 1. The van der Waals surface area contributed by atoms with Crippen molar-refractivity contribution in [3.63, 3.8) is 0 Å². The molecule has 0 saturated carbocycles. The summed E-state index contributed by atoms with van der Waals surface area (Å²) >= 11 is 16.8. The third kappa shape index (κ3) is 1.48. The highest BCUT2D eigenvalue weighted by atomic mass is 35.5. The summed E-state index contributed by atoms with van der Waals surface area (Å²) in [5, 5.41) is 5.03. The molecule has 1 aromatic rings. The second kappa shape index (κ2) is 2.87. The topological polar surface area (TPSA) is 20.2 Å². The predicted octanol–water partition coefficient (Wildman–Crippen LogP) is 3.35. The molecule has 4 heteroatoms. The van der Waals surface area contributed by atoms with Gasteiger partial charge in [0, 0.05) is 11.1 Å². The van der Waals surface area contributed by atoms with Crippen molar-refractivity contribution in [2.45, 2.75) is 0 Å². The van der Waals surface area contributed by atoms with Gasteiger partial charge in [-0.2, -0.15) is 0 Å². The Kier molecular flexibility index (Phi) is 1.89. The van der Waals surface area contributed by atoms with Gasteiger partial charge in [0.15, 0.2) is 0 Å². The molecule has 0 saturated heterocycles. The smallest absolute Gasteiger partial charge is 0.293 e. The molecular weight excluding hydrogens is 194 g/mol. The second-order valence-corrected chi connectivity index (χ2v) is 2.92. The normalized spacial score (nSPS) is 10.9. The van der Waals surface area contributed by atoms with Gasteiger partial charge in [0.25, 0.3) is 1.43 Å². The molecule has 0 aliphatic carbocycles. The molecule has 0 atom stereocenters. The van der Waals surface area contributed by atoms with E-state index in [2.05, 4.69) is 5.11 Å². The number of phenolic OH excluding ortho intramolecular Hbond substituents is 1. The van der Waals surface area contributed by atoms with Gasteiger partial charge in [0.1, 0.15) is 10.8 Å². The molecular formula is C6H3Cl3O. The van der Waals surface area contributed by atoms with Crippen LogP contribution in [0.25, 0.3) is 0 Å². The Bertz CT molecular complexity index is 277. The highest BCUT2D eigenvalue weighted by Crippen LogP contribution is 2.33. The molecule has 1 aromatic carbocycles. The zero-order chi connectivity index (χ0) is 8.43. The molecule has 54 valence electrons. The molecule has 0 amide bonds. The number of rotatable bonds is 1. The number of hydrogen-bond donors (Lipinski definition) is 1. The predicted molar refractivity (Wildman–Crippen MR) is 43.1 cm³/mol. The maximum Gasteiger partial charge on any atom is 0.293 e. The fraction of sp³-hybridized carbons (Fsp3) is 0. The van der Waals surface area contributed by atoms with Gasteiger partial charge in [-0.25, -0.2) is 0 Å². The molecule has 0 spiro atoms. The first-order valence-corrected chi connectivity index (χ1v) is 3.56. The minimum Gasteiger partial charge on any atom is -0.506 e. The van der Waals surface area contributed by atoms with Gasteiger partial charge in [-0.15, -0.1) is 0 Å². The molecule has 0 aromatic heterocycles. The lowest BCUT2D eigenvalue weighted by molar-refractivity contribution is 0.475. The van der Waals surface area contributed by atoms with Crippen molar-refractivity contribution in [3.05, 3.63) is 27.2 Å². The van der Waals surface area contributed by atoms with Gasteiger partial charge >= 0.3 is 0 Å². The molecule has 1 rings (SSSR count). The van der Waals surface area contributed by atoms with E-state index >= 15 is 0 Å². The van der Waals surface area contributed by atoms with Crippen LogP contribution < -0.4 is 0 Å². The molecule has 1 N–H and O–H groups in total. The van der Waals surface area contributed by atoms with E-state index in [9.17, 15) is 0 Å². The number of aromatic hydroxyl groups is 1. The van der Waals surface area contributed by atoms with Crippen LogP contribution in [0.5, 0.6) is 5.75 Å².